The molecule has 0 aliphatic heterocycles. The summed E-state index contributed by atoms with van der Waals surface area (Å²) in [6.45, 7) is 2.87. The maximum atomic E-state index is 12.2. The molecule has 2 rings (SSSR count). The predicted molar refractivity (Wildman–Crippen MR) is 113 cm³/mol. The quantitative estimate of drug-likeness (QED) is 0.442. The highest BCUT2D eigenvalue weighted by Gasteiger charge is 2.08. The molecule has 0 fully saturated rings. The molecular weight excluding hydrogens is 368 g/mol. The lowest BCUT2D eigenvalue weighted by molar-refractivity contribution is -0.121. The highest BCUT2D eigenvalue weighted by molar-refractivity contribution is 5.95. The molecule has 2 aromatic carbocycles. The Morgan fingerprint density at radius 1 is 0.828 bits per heavy atom. The van der Waals surface area contributed by atoms with Gasteiger partial charge in [0.05, 0.1) is 20.1 Å². The number of carbonyl (C=O) groups is 2. The van der Waals surface area contributed by atoms with Crippen molar-refractivity contribution in [2.75, 3.05) is 13.7 Å². The Hall–Kier alpha value is -3.02. The van der Waals surface area contributed by atoms with Crippen LogP contribution in [0.3, 0.4) is 0 Å². The third-order valence-corrected chi connectivity index (χ3v) is 4.47. The summed E-state index contributed by atoms with van der Waals surface area (Å²) >= 11 is 0. The molecule has 0 atom stereocenters. The first-order chi connectivity index (χ1) is 14.1. The van der Waals surface area contributed by atoms with Crippen molar-refractivity contribution in [3.63, 3.8) is 0 Å². The second kappa shape index (κ2) is 12.4. The van der Waals surface area contributed by atoms with E-state index < -0.39 is 0 Å². The maximum absolute atomic E-state index is 12.2. The van der Waals surface area contributed by atoms with E-state index in [1.54, 1.807) is 43.5 Å². The normalized spacial score (nSPS) is 10.3. The average Bonchev–Trinajstić information content (AvgIpc) is 2.75. The third-order valence-electron chi connectivity index (χ3n) is 4.47. The molecule has 0 saturated carbocycles. The molecule has 2 amide bonds. The van der Waals surface area contributed by atoms with Crippen LogP contribution in [0, 0.1) is 0 Å². The van der Waals surface area contributed by atoms with Crippen molar-refractivity contribution in [1.29, 1.82) is 0 Å². The SMILES string of the molecule is CCCCCCCOc1ccc(C(=O)NNC(=O)Cc2ccc(OC)cc2)cc1. The monoisotopic (exact) mass is 398 g/mol. The molecule has 2 aromatic rings. The lowest BCUT2D eigenvalue weighted by Crippen LogP contribution is -2.42. The molecule has 156 valence electrons. The molecule has 0 radical (unpaired) electrons. The van der Waals surface area contributed by atoms with Crippen LogP contribution in [0.1, 0.15) is 54.9 Å². The first kappa shape index (κ1) is 22.3. The van der Waals surface area contributed by atoms with Crippen LogP contribution in [0.5, 0.6) is 11.5 Å². The number of hydrogen-bond acceptors (Lipinski definition) is 4. The van der Waals surface area contributed by atoms with E-state index in [0.717, 1.165) is 23.5 Å². The van der Waals surface area contributed by atoms with Gasteiger partial charge in [0.2, 0.25) is 5.91 Å². The molecule has 0 aliphatic rings. The van der Waals surface area contributed by atoms with E-state index in [0.29, 0.717) is 12.2 Å². The van der Waals surface area contributed by atoms with Crippen molar-refractivity contribution < 1.29 is 19.1 Å². The summed E-state index contributed by atoms with van der Waals surface area (Å²) in [5.74, 6) is 0.790. The largest absolute Gasteiger partial charge is 0.497 e. The fourth-order valence-electron chi connectivity index (χ4n) is 2.77. The molecule has 29 heavy (non-hydrogen) atoms. The van der Waals surface area contributed by atoms with Gasteiger partial charge in [-0.1, -0.05) is 44.7 Å². The second-order valence-electron chi connectivity index (χ2n) is 6.81. The van der Waals surface area contributed by atoms with Gasteiger partial charge in [0.1, 0.15) is 11.5 Å². The minimum atomic E-state index is -0.376. The number of hydrogen-bond donors (Lipinski definition) is 2. The molecule has 0 heterocycles. The molecule has 6 heteroatoms. The number of ether oxygens (including phenoxy) is 2. The van der Waals surface area contributed by atoms with E-state index in [1.165, 1.54) is 25.7 Å². The fraction of sp³-hybridized carbons (Fsp3) is 0.391. The number of amides is 2. The van der Waals surface area contributed by atoms with Crippen LogP contribution < -0.4 is 20.3 Å². The van der Waals surface area contributed by atoms with E-state index in [4.69, 9.17) is 9.47 Å². The summed E-state index contributed by atoms with van der Waals surface area (Å²) in [4.78, 5) is 24.2. The summed E-state index contributed by atoms with van der Waals surface area (Å²) in [6, 6.07) is 14.1. The molecular formula is C23H30N2O4. The average molecular weight is 399 g/mol. The van der Waals surface area contributed by atoms with Crippen LogP contribution in [-0.2, 0) is 11.2 Å². The topological polar surface area (TPSA) is 76.7 Å². The minimum absolute atomic E-state index is 0.162. The van der Waals surface area contributed by atoms with Crippen LogP contribution in [0.25, 0.3) is 0 Å². The lowest BCUT2D eigenvalue weighted by atomic mass is 10.1. The smallest absolute Gasteiger partial charge is 0.269 e. The van der Waals surface area contributed by atoms with Crippen LogP contribution >= 0.6 is 0 Å². The van der Waals surface area contributed by atoms with Gasteiger partial charge in [-0.2, -0.15) is 0 Å². The number of unbranched alkanes of at least 4 members (excludes halogenated alkanes) is 4. The molecule has 2 N–H and O–H groups in total. The summed E-state index contributed by atoms with van der Waals surface area (Å²) in [7, 11) is 1.59. The summed E-state index contributed by atoms with van der Waals surface area (Å²) in [6.07, 6.45) is 6.10. The van der Waals surface area contributed by atoms with Gasteiger partial charge in [0.15, 0.2) is 0 Å². The zero-order valence-electron chi connectivity index (χ0n) is 17.2. The first-order valence-electron chi connectivity index (χ1n) is 10.1. The number of hydrazine groups is 1. The van der Waals surface area contributed by atoms with Crippen molar-refractivity contribution in [3.05, 3.63) is 59.7 Å². The first-order valence-corrected chi connectivity index (χ1v) is 10.1. The standard InChI is InChI=1S/C23H30N2O4/c1-3-4-5-6-7-16-29-21-14-10-19(11-15-21)23(27)25-24-22(26)17-18-8-12-20(28-2)13-9-18/h8-15H,3-7,16-17H2,1-2H3,(H,24,26)(H,25,27). The third kappa shape index (κ3) is 8.25. The lowest BCUT2D eigenvalue weighted by Gasteiger charge is -2.09. The molecule has 0 spiro atoms. The van der Waals surface area contributed by atoms with Crippen molar-refractivity contribution in [2.45, 2.75) is 45.4 Å². The van der Waals surface area contributed by atoms with E-state index >= 15 is 0 Å². The number of rotatable bonds is 11. The van der Waals surface area contributed by atoms with Gasteiger partial charge in [0.25, 0.3) is 5.91 Å². The predicted octanol–water partition coefficient (Wildman–Crippen LogP) is 4.05. The molecule has 0 unspecified atom stereocenters. The Bertz CT molecular complexity index is 757. The van der Waals surface area contributed by atoms with Crippen LogP contribution in [-0.4, -0.2) is 25.5 Å². The van der Waals surface area contributed by atoms with Gasteiger partial charge in [-0.15, -0.1) is 0 Å². The van der Waals surface area contributed by atoms with E-state index in [9.17, 15) is 9.59 Å². The van der Waals surface area contributed by atoms with E-state index in [2.05, 4.69) is 17.8 Å². The van der Waals surface area contributed by atoms with Gasteiger partial charge in [-0.3, -0.25) is 20.4 Å². The van der Waals surface area contributed by atoms with Crippen LogP contribution in [0.2, 0.25) is 0 Å². The fourth-order valence-corrected chi connectivity index (χ4v) is 2.77. The molecule has 0 aromatic heterocycles. The van der Waals surface area contributed by atoms with Crippen molar-refractivity contribution >= 4 is 11.8 Å². The zero-order valence-corrected chi connectivity index (χ0v) is 17.2. The minimum Gasteiger partial charge on any atom is -0.497 e. The Balaban J connectivity index is 1.70. The van der Waals surface area contributed by atoms with E-state index in [1.807, 2.05) is 12.1 Å². The van der Waals surface area contributed by atoms with Crippen LogP contribution in [0.15, 0.2) is 48.5 Å². The Labute approximate surface area is 172 Å². The van der Waals surface area contributed by atoms with Gasteiger partial charge in [-0.05, 0) is 48.4 Å². The second-order valence-corrected chi connectivity index (χ2v) is 6.81. The number of benzene rings is 2. The Morgan fingerprint density at radius 3 is 2.14 bits per heavy atom. The number of carbonyl (C=O) groups excluding carboxylic acids is 2. The summed E-state index contributed by atoms with van der Waals surface area (Å²) in [5.41, 5.74) is 6.14. The van der Waals surface area contributed by atoms with Crippen molar-refractivity contribution in [1.82, 2.24) is 10.9 Å². The van der Waals surface area contributed by atoms with Gasteiger partial charge in [0, 0.05) is 5.56 Å². The van der Waals surface area contributed by atoms with Gasteiger partial charge >= 0.3 is 0 Å². The molecule has 0 bridgehead atoms. The van der Waals surface area contributed by atoms with Crippen LogP contribution in [0.4, 0.5) is 0 Å². The Morgan fingerprint density at radius 2 is 1.48 bits per heavy atom. The zero-order chi connectivity index (χ0) is 20.9. The Kier molecular flexibility index (Phi) is 9.55. The molecule has 0 saturated heterocycles. The van der Waals surface area contributed by atoms with Crippen molar-refractivity contribution in [3.8, 4) is 11.5 Å². The number of methoxy groups -OCH3 is 1. The maximum Gasteiger partial charge on any atom is 0.269 e. The molecule has 0 aliphatic carbocycles. The van der Waals surface area contributed by atoms with Gasteiger partial charge in [-0.25, -0.2) is 0 Å². The molecule has 6 nitrogen and oxygen atoms in total. The highest BCUT2D eigenvalue weighted by Crippen LogP contribution is 2.14. The highest BCUT2D eigenvalue weighted by atomic mass is 16.5. The van der Waals surface area contributed by atoms with E-state index in [-0.39, 0.29) is 18.2 Å². The summed E-state index contributed by atoms with van der Waals surface area (Å²) < 4.78 is 10.8. The number of nitrogens with one attached hydrogen (secondary N) is 2. The van der Waals surface area contributed by atoms with Gasteiger partial charge < -0.3 is 9.47 Å². The summed E-state index contributed by atoms with van der Waals surface area (Å²) in [5, 5.41) is 0. The van der Waals surface area contributed by atoms with Crippen molar-refractivity contribution in [2.24, 2.45) is 0 Å².